The Labute approximate surface area is 89.8 Å². The molecule has 4 heteroatoms. The molecule has 0 fully saturated rings. The maximum absolute atomic E-state index is 4.42. The summed E-state index contributed by atoms with van der Waals surface area (Å²) in [6.45, 7) is 4.35. The van der Waals surface area contributed by atoms with Crippen LogP contribution in [0.15, 0.2) is 18.2 Å². The molecule has 1 N–H and O–H groups in total. The molecular weight excluding hydrogens is 241 g/mol. The molecule has 1 atom stereocenters. The second-order valence-electron chi connectivity index (χ2n) is 3.39. The van der Waals surface area contributed by atoms with Gasteiger partial charge in [-0.25, -0.2) is 0 Å². The van der Waals surface area contributed by atoms with Crippen LogP contribution in [0.25, 0.3) is 11.0 Å². The first-order valence-electron chi connectivity index (χ1n) is 4.79. The average molecular weight is 254 g/mol. The van der Waals surface area contributed by atoms with Crippen molar-refractivity contribution in [1.82, 2.24) is 7.96 Å². The third kappa shape index (κ3) is 1.81. The Hall–Kier alpha value is -0.861. The SMILES string of the molecule is CCC(C)Nc1cccc2n[se]nc12. The normalized spacial score (nSPS) is 13.0. The van der Waals surface area contributed by atoms with E-state index in [4.69, 9.17) is 0 Å². The molecule has 3 nitrogen and oxygen atoms in total. The molecular formula is C10H13N3Se. The molecule has 14 heavy (non-hydrogen) atoms. The van der Waals surface area contributed by atoms with Crippen molar-refractivity contribution in [2.75, 3.05) is 5.32 Å². The van der Waals surface area contributed by atoms with Gasteiger partial charge >= 0.3 is 89.5 Å². The molecule has 0 aliphatic heterocycles. The quantitative estimate of drug-likeness (QED) is 0.850. The second-order valence-corrected chi connectivity index (χ2v) is 4.50. The monoisotopic (exact) mass is 255 g/mol. The number of rotatable bonds is 3. The van der Waals surface area contributed by atoms with E-state index >= 15 is 0 Å². The molecule has 0 aliphatic rings. The Kier molecular flexibility index (Phi) is 2.84. The van der Waals surface area contributed by atoms with Crippen molar-refractivity contribution in [3.05, 3.63) is 18.2 Å². The van der Waals surface area contributed by atoms with E-state index < -0.39 is 0 Å². The van der Waals surface area contributed by atoms with Crippen LogP contribution in [0.5, 0.6) is 0 Å². The van der Waals surface area contributed by atoms with E-state index in [9.17, 15) is 0 Å². The van der Waals surface area contributed by atoms with Gasteiger partial charge in [-0.1, -0.05) is 0 Å². The van der Waals surface area contributed by atoms with Crippen LogP contribution in [-0.2, 0) is 0 Å². The molecule has 2 rings (SSSR count). The van der Waals surface area contributed by atoms with Gasteiger partial charge in [0.1, 0.15) is 0 Å². The van der Waals surface area contributed by atoms with Crippen LogP contribution >= 0.6 is 0 Å². The number of anilines is 1. The Morgan fingerprint density at radius 3 is 3.07 bits per heavy atom. The van der Waals surface area contributed by atoms with Crippen molar-refractivity contribution >= 4 is 31.7 Å². The van der Waals surface area contributed by atoms with Gasteiger partial charge < -0.3 is 0 Å². The first-order valence-corrected chi connectivity index (χ1v) is 6.32. The van der Waals surface area contributed by atoms with Gasteiger partial charge in [-0.15, -0.1) is 0 Å². The summed E-state index contributed by atoms with van der Waals surface area (Å²) in [6.07, 6.45) is 1.12. The Balaban J connectivity index is 2.36. The molecule has 1 heterocycles. The summed E-state index contributed by atoms with van der Waals surface area (Å²) >= 11 is 0.0650. The van der Waals surface area contributed by atoms with E-state index in [-0.39, 0.29) is 15.0 Å². The van der Waals surface area contributed by atoms with Crippen molar-refractivity contribution in [2.45, 2.75) is 26.3 Å². The van der Waals surface area contributed by atoms with Crippen molar-refractivity contribution < 1.29 is 0 Å². The van der Waals surface area contributed by atoms with Gasteiger partial charge in [-0.05, 0) is 0 Å². The molecule has 1 aromatic heterocycles. The van der Waals surface area contributed by atoms with Gasteiger partial charge in [0.2, 0.25) is 0 Å². The van der Waals surface area contributed by atoms with Crippen molar-refractivity contribution in [1.29, 1.82) is 0 Å². The predicted octanol–water partition coefficient (Wildman–Crippen LogP) is 1.90. The summed E-state index contributed by atoms with van der Waals surface area (Å²) in [7, 11) is 0. The van der Waals surface area contributed by atoms with E-state index in [0.717, 1.165) is 23.1 Å². The molecule has 1 unspecified atom stereocenters. The fraction of sp³-hybridized carbons (Fsp3) is 0.400. The summed E-state index contributed by atoms with van der Waals surface area (Å²) in [5, 5.41) is 3.45. The first-order chi connectivity index (χ1) is 6.81. The summed E-state index contributed by atoms with van der Waals surface area (Å²) in [5.41, 5.74) is 3.21. The van der Waals surface area contributed by atoms with Gasteiger partial charge in [-0.3, -0.25) is 0 Å². The van der Waals surface area contributed by atoms with Gasteiger partial charge in [0.25, 0.3) is 0 Å². The Morgan fingerprint density at radius 2 is 2.29 bits per heavy atom. The molecule has 0 aliphatic carbocycles. The molecule has 0 saturated heterocycles. The number of fused-ring (bicyclic) bond motifs is 1. The van der Waals surface area contributed by atoms with E-state index in [1.165, 1.54) is 0 Å². The summed E-state index contributed by atoms with van der Waals surface area (Å²) in [5.74, 6) is 0. The van der Waals surface area contributed by atoms with E-state index in [1.54, 1.807) is 0 Å². The summed E-state index contributed by atoms with van der Waals surface area (Å²) in [4.78, 5) is 0. The third-order valence-corrected chi connectivity index (χ3v) is 3.44. The molecule has 74 valence electrons. The minimum atomic E-state index is 0.0650. The standard InChI is InChI=1S/C10H13N3Se/c1-3-7(2)11-8-5-4-6-9-10(8)13-14-12-9/h4-7,11H,3H2,1-2H3. The molecule has 0 radical (unpaired) electrons. The topological polar surface area (TPSA) is 37.8 Å². The van der Waals surface area contributed by atoms with Crippen molar-refractivity contribution in [3.63, 3.8) is 0 Å². The van der Waals surface area contributed by atoms with Crippen LogP contribution in [0.1, 0.15) is 20.3 Å². The van der Waals surface area contributed by atoms with Crippen LogP contribution in [0.2, 0.25) is 0 Å². The molecule has 1 aromatic carbocycles. The Bertz CT molecular complexity index is 424. The van der Waals surface area contributed by atoms with Crippen LogP contribution in [0.3, 0.4) is 0 Å². The zero-order valence-corrected chi connectivity index (χ0v) is 10.0. The average Bonchev–Trinajstić information content (AvgIpc) is 2.66. The third-order valence-electron chi connectivity index (χ3n) is 2.30. The summed E-state index contributed by atoms with van der Waals surface area (Å²) < 4.78 is 8.77. The van der Waals surface area contributed by atoms with Crippen LogP contribution < -0.4 is 5.32 Å². The van der Waals surface area contributed by atoms with E-state index in [2.05, 4.69) is 33.2 Å². The zero-order chi connectivity index (χ0) is 9.97. The number of nitrogens with zero attached hydrogens (tertiary/aromatic N) is 2. The summed E-state index contributed by atoms with van der Waals surface area (Å²) in [6, 6.07) is 6.62. The molecule has 0 amide bonds. The van der Waals surface area contributed by atoms with Gasteiger partial charge in [-0.2, -0.15) is 0 Å². The van der Waals surface area contributed by atoms with Crippen molar-refractivity contribution in [2.24, 2.45) is 0 Å². The molecule has 0 saturated carbocycles. The minimum absolute atomic E-state index is 0.0650. The number of aromatic nitrogens is 2. The fourth-order valence-corrected chi connectivity index (χ4v) is 2.44. The number of benzene rings is 1. The van der Waals surface area contributed by atoms with Crippen molar-refractivity contribution in [3.8, 4) is 0 Å². The molecule has 0 bridgehead atoms. The first kappa shape index (κ1) is 9.69. The van der Waals surface area contributed by atoms with Gasteiger partial charge in [0.05, 0.1) is 0 Å². The fourth-order valence-electron chi connectivity index (χ4n) is 1.29. The van der Waals surface area contributed by atoms with E-state index in [0.29, 0.717) is 6.04 Å². The van der Waals surface area contributed by atoms with Crippen LogP contribution in [-0.4, -0.2) is 29.0 Å². The molecule has 0 spiro atoms. The zero-order valence-electron chi connectivity index (χ0n) is 8.32. The predicted molar refractivity (Wildman–Crippen MR) is 59.9 cm³/mol. The number of hydrogen-bond donors (Lipinski definition) is 1. The van der Waals surface area contributed by atoms with Gasteiger partial charge in [0.15, 0.2) is 0 Å². The maximum atomic E-state index is 4.42. The van der Waals surface area contributed by atoms with Crippen LogP contribution in [0, 0.1) is 0 Å². The number of hydrogen-bond acceptors (Lipinski definition) is 3. The Morgan fingerprint density at radius 1 is 1.43 bits per heavy atom. The second kappa shape index (κ2) is 4.11. The molecule has 2 aromatic rings. The number of nitrogens with one attached hydrogen (secondary N) is 1. The van der Waals surface area contributed by atoms with Crippen LogP contribution in [0.4, 0.5) is 5.69 Å². The van der Waals surface area contributed by atoms with Gasteiger partial charge in [0, 0.05) is 0 Å². The van der Waals surface area contributed by atoms with E-state index in [1.807, 2.05) is 12.1 Å².